The molecule has 2 aromatic heterocycles. The highest BCUT2D eigenvalue weighted by molar-refractivity contribution is 6.06. The average molecular weight is 370 g/mol. The number of rotatable bonds is 4. The molecule has 0 saturated heterocycles. The molecular formula is C23H22N4O. The van der Waals surface area contributed by atoms with Crippen LogP contribution in [0.25, 0.3) is 22.2 Å². The highest BCUT2D eigenvalue weighted by Crippen LogP contribution is 2.23. The Morgan fingerprint density at radius 1 is 1.00 bits per heavy atom. The Bertz CT molecular complexity index is 1130. The van der Waals surface area contributed by atoms with Crippen molar-refractivity contribution in [3.8, 4) is 11.1 Å². The van der Waals surface area contributed by atoms with Crippen LogP contribution in [-0.4, -0.2) is 20.7 Å². The third-order valence-corrected chi connectivity index (χ3v) is 4.74. The predicted molar refractivity (Wildman–Crippen MR) is 112 cm³/mol. The van der Waals surface area contributed by atoms with Gasteiger partial charge < -0.3 is 5.32 Å². The van der Waals surface area contributed by atoms with E-state index in [1.165, 1.54) is 0 Å². The fourth-order valence-corrected chi connectivity index (χ4v) is 3.25. The van der Waals surface area contributed by atoms with E-state index in [1.54, 1.807) is 6.20 Å². The molecule has 5 nitrogen and oxygen atoms in total. The van der Waals surface area contributed by atoms with Crippen molar-refractivity contribution in [1.29, 1.82) is 0 Å². The lowest BCUT2D eigenvalue weighted by Gasteiger charge is -2.10. The molecule has 0 spiro atoms. The molecule has 0 aliphatic heterocycles. The summed E-state index contributed by atoms with van der Waals surface area (Å²) >= 11 is 0. The van der Waals surface area contributed by atoms with Crippen LogP contribution in [0.2, 0.25) is 0 Å². The minimum atomic E-state index is -0.170. The minimum absolute atomic E-state index is 0.170. The van der Waals surface area contributed by atoms with E-state index < -0.39 is 0 Å². The summed E-state index contributed by atoms with van der Waals surface area (Å²) in [6.45, 7) is 5.97. The molecule has 2 heterocycles. The van der Waals surface area contributed by atoms with Crippen molar-refractivity contribution in [1.82, 2.24) is 14.8 Å². The Labute approximate surface area is 164 Å². The van der Waals surface area contributed by atoms with E-state index >= 15 is 0 Å². The molecule has 0 saturated carbocycles. The minimum Gasteiger partial charge on any atom is -0.322 e. The van der Waals surface area contributed by atoms with E-state index in [0.717, 1.165) is 27.8 Å². The van der Waals surface area contributed by atoms with Gasteiger partial charge in [-0.15, -0.1) is 0 Å². The zero-order chi connectivity index (χ0) is 19.7. The molecule has 0 aliphatic rings. The van der Waals surface area contributed by atoms with Crippen LogP contribution in [0.4, 0.5) is 5.69 Å². The van der Waals surface area contributed by atoms with Crippen LogP contribution in [0.5, 0.6) is 0 Å². The van der Waals surface area contributed by atoms with Crippen molar-refractivity contribution >= 4 is 22.6 Å². The molecule has 4 rings (SSSR count). The predicted octanol–water partition coefficient (Wildman–Crippen LogP) is 5.24. The van der Waals surface area contributed by atoms with Gasteiger partial charge in [-0.25, -0.2) is 9.67 Å². The van der Waals surface area contributed by atoms with Crippen molar-refractivity contribution < 1.29 is 4.79 Å². The molecule has 0 bridgehead atoms. The summed E-state index contributed by atoms with van der Waals surface area (Å²) in [6, 6.07) is 20.1. The first-order valence-corrected chi connectivity index (χ1v) is 9.34. The second-order valence-corrected chi connectivity index (χ2v) is 7.11. The number of nitrogens with zero attached hydrogens (tertiary/aromatic N) is 3. The normalized spacial score (nSPS) is 11.1. The van der Waals surface area contributed by atoms with Crippen LogP contribution in [0.3, 0.4) is 0 Å². The van der Waals surface area contributed by atoms with Gasteiger partial charge in [0.2, 0.25) is 0 Å². The number of fused-ring (bicyclic) bond motifs is 1. The number of hydrogen-bond acceptors (Lipinski definition) is 3. The summed E-state index contributed by atoms with van der Waals surface area (Å²) in [7, 11) is 0. The molecule has 1 amide bonds. The van der Waals surface area contributed by atoms with Gasteiger partial charge in [-0.1, -0.05) is 42.5 Å². The van der Waals surface area contributed by atoms with Crippen molar-refractivity contribution in [2.75, 3.05) is 5.32 Å². The maximum atomic E-state index is 12.8. The molecule has 0 fully saturated rings. The molecule has 4 aromatic rings. The number of aryl methyl sites for hydroxylation is 1. The summed E-state index contributed by atoms with van der Waals surface area (Å²) in [5.41, 5.74) is 5.06. The number of amides is 1. The Morgan fingerprint density at radius 2 is 1.68 bits per heavy atom. The Morgan fingerprint density at radius 3 is 2.36 bits per heavy atom. The summed E-state index contributed by atoms with van der Waals surface area (Å²) in [6.07, 6.45) is 1.76. The first-order valence-electron chi connectivity index (χ1n) is 9.34. The summed E-state index contributed by atoms with van der Waals surface area (Å²) < 4.78 is 1.87. The standard InChI is InChI=1S/C23H22N4O/c1-15(2)27-22-19(14-24-27)13-21(16(3)25-22)23(28)26-20-11-9-18(10-12-20)17-7-5-4-6-8-17/h4-15H,1-3H3,(H,26,28). The van der Waals surface area contributed by atoms with E-state index in [9.17, 15) is 4.79 Å². The Balaban J connectivity index is 1.57. The van der Waals surface area contributed by atoms with Crippen LogP contribution in [-0.2, 0) is 0 Å². The van der Waals surface area contributed by atoms with E-state index in [-0.39, 0.29) is 11.9 Å². The topological polar surface area (TPSA) is 59.8 Å². The quantitative estimate of drug-likeness (QED) is 0.534. The highest BCUT2D eigenvalue weighted by Gasteiger charge is 2.15. The van der Waals surface area contributed by atoms with Gasteiger partial charge in [0.15, 0.2) is 5.65 Å². The summed E-state index contributed by atoms with van der Waals surface area (Å²) in [5.74, 6) is -0.170. The largest absolute Gasteiger partial charge is 0.322 e. The zero-order valence-electron chi connectivity index (χ0n) is 16.2. The van der Waals surface area contributed by atoms with Crippen molar-refractivity contribution in [3.05, 3.63) is 78.1 Å². The lowest BCUT2D eigenvalue weighted by molar-refractivity contribution is 0.102. The monoisotopic (exact) mass is 370 g/mol. The lowest BCUT2D eigenvalue weighted by atomic mass is 10.1. The number of benzene rings is 2. The number of pyridine rings is 1. The number of hydrogen-bond donors (Lipinski definition) is 1. The van der Waals surface area contributed by atoms with Crippen LogP contribution in [0, 0.1) is 6.92 Å². The van der Waals surface area contributed by atoms with E-state index in [2.05, 4.69) is 41.4 Å². The third-order valence-electron chi connectivity index (χ3n) is 4.74. The van der Waals surface area contributed by atoms with Gasteiger partial charge in [0.25, 0.3) is 5.91 Å². The second kappa shape index (κ2) is 7.27. The Hall–Kier alpha value is -3.47. The van der Waals surface area contributed by atoms with Crippen molar-refractivity contribution in [2.45, 2.75) is 26.8 Å². The fourth-order valence-electron chi connectivity index (χ4n) is 3.25. The van der Waals surface area contributed by atoms with Gasteiger partial charge in [0.1, 0.15) is 0 Å². The Kier molecular flexibility index (Phi) is 4.65. The van der Waals surface area contributed by atoms with E-state index in [0.29, 0.717) is 11.3 Å². The molecule has 0 unspecified atom stereocenters. The molecule has 5 heteroatoms. The maximum absolute atomic E-state index is 12.8. The molecule has 1 N–H and O–H groups in total. The molecule has 0 radical (unpaired) electrons. The van der Waals surface area contributed by atoms with Crippen LogP contribution in [0.1, 0.15) is 35.9 Å². The van der Waals surface area contributed by atoms with Crippen molar-refractivity contribution in [3.63, 3.8) is 0 Å². The van der Waals surface area contributed by atoms with Gasteiger partial charge >= 0.3 is 0 Å². The SMILES string of the molecule is Cc1nc2c(cnn2C(C)C)cc1C(=O)Nc1ccc(-c2ccccc2)cc1. The molecule has 2 aromatic carbocycles. The smallest absolute Gasteiger partial charge is 0.257 e. The maximum Gasteiger partial charge on any atom is 0.257 e. The van der Waals surface area contributed by atoms with Crippen LogP contribution < -0.4 is 5.32 Å². The number of aromatic nitrogens is 3. The molecule has 0 aliphatic carbocycles. The first kappa shape index (κ1) is 17.9. The second-order valence-electron chi connectivity index (χ2n) is 7.11. The molecule has 140 valence electrons. The van der Waals surface area contributed by atoms with Gasteiger partial charge in [-0.05, 0) is 50.1 Å². The van der Waals surface area contributed by atoms with E-state index in [4.69, 9.17) is 0 Å². The van der Waals surface area contributed by atoms with Gasteiger partial charge in [0, 0.05) is 17.1 Å². The lowest BCUT2D eigenvalue weighted by Crippen LogP contribution is -2.14. The fraction of sp³-hybridized carbons (Fsp3) is 0.174. The van der Waals surface area contributed by atoms with Crippen molar-refractivity contribution in [2.24, 2.45) is 0 Å². The van der Waals surface area contributed by atoms with Gasteiger partial charge in [-0.3, -0.25) is 4.79 Å². The summed E-state index contributed by atoms with van der Waals surface area (Å²) in [4.78, 5) is 17.4. The third kappa shape index (κ3) is 3.39. The molecule has 0 atom stereocenters. The summed E-state index contributed by atoms with van der Waals surface area (Å²) in [5, 5.41) is 8.21. The highest BCUT2D eigenvalue weighted by atomic mass is 16.1. The van der Waals surface area contributed by atoms with Crippen LogP contribution in [0.15, 0.2) is 66.9 Å². The first-order chi connectivity index (χ1) is 13.5. The van der Waals surface area contributed by atoms with Crippen LogP contribution >= 0.6 is 0 Å². The number of nitrogens with one attached hydrogen (secondary N) is 1. The molecule has 28 heavy (non-hydrogen) atoms. The van der Waals surface area contributed by atoms with Gasteiger partial charge in [-0.2, -0.15) is 5.10 Å². The zero-order valence-corrected chi connectivity index (χ0v) is 16.2. The number of carbonyl (C=O) groups is 1. The molecular weight excluding hydrogens is 348 g/mol. The number of anilines is 1. The average Bonchev–Trinajstić information content (AvgIpc) is 3.11. The van der Waals surface area contributed by atoms with E-state index in [1.807, 2.05) is 60.1 Å². The van der Waals surface area contributed by atoms with Gasteiger partial charge in [0.05, 0.1) is 17.5 Å². The number of carbonyl (C=O) groups excluding carboxylic acids is 1.